The number of carbonyl (C=O) groups is 5. The summed E-state index contributed by atoms with van der Waals surface area (Å²) in [5.74, 6) is -1.75. The Labute approximate surface area is 230 Å². The monoisotopic (exact) mass is 543 g/mol. The van der Waals surface area contributed by atoms with Crippen LogP contribution in [0.15, 0.2) is 60.0 Å². The quantitative estimate of drug-likeness (QED) is 0.508. The molecule has 0 atom stereocenters. The standard InChI is InChI=1S/C28H29N7O5/c1-28(2)13-22(32-35(26(28)39)12-11-30-23(36)17-34-24(37)7-8-25(34)38)18-3-5-21(6-4-18)31-27(40)33-15-19-9-10-29-14-20(19)16-33/h3-10,14H,11-13,15-17H2,1-2H3,(H,30,36)(H,31,40). The summed E-state index contributed by atoms with van der Waals surface area (Å²) in [6, 6.07) is 9.01. The molecule has 3 aliphatic heterocycles. The van der Waals surface area contributed by atoms with E-state index in [0.29, 0.717) is 30.9 Å². The zero-order chi connectivity index (χ0) is 28.4. The lowest BCUT2D eigenvalue weighted by atomic mass is 9.83. The number of hydrogen-bond donors (Lipinski definition) is 2. The number of fused-ring (bicyclic) bond motifs is 1. The van der Waals surface area contributed by atoms with E-state index in [9.17, 15) is 24.0 Å². The van der Waals surface area contributed by atoms with Gasteiger partial charge in [0.2, 0.25) is 11.8 Å². The third-order valence-electron chi connectivity index (χ3n) is 7.00. The van der Waals surface area contributed by atoms with Gasteiger partial charge in [0.05, 0.1) is 17.7 Å². The number of pyridine rings is 1. The molecule has 12 nitrogen and oxygen atoms in total. The zero-order valence-corrected chi connectivity index (χ0v) is 22.2. The number of carbonyl (C=O) groups excluding carboxylic acids is 5. The van der Waals surface area contributed by atoms with E-state index in [1.165, 1.54) is 5.01 Å². The molecule has 1 aromatic carbocycles. The second-order valence-corrected chi connectivity index (χ2v) is 10.5. The van der Waals surface area contributed by atoms with Crippen LogP contribution < -0.4 is 10.6 Å². The van der Waals surface area contributed by atoms with Crippen molar-refractivity contribution in [2.45, 2.75) is 33.4 Å². The van der Waals surface area contributed by atoms with Crippen LogP contribution >= 0.6 is 0 Å². The number of aromatic nitrogens is 1. The van der Waals surface area contributed by atoms with E-state index in [1.807, 2.05) is 32.0 Å². The highest BCUT2D eigenvalue weighted by atomic mass is 16.2. The Morgan fingerprint density at radius 1 is 0.975 bits per heavy atom. The molecule has 40 heavy (non-hydrogen) atoms. The Morgan fingerprint density at radius 3 is 2.38 bits per heavy atom. The van der Waals surface area contributed by atoms with Crippen molar-refractivity contribution in [3.63, 3.8) is 0 Å². The van der Waals surface area contributed by atoms with E-state index < -0.39 is 23.1 Å². The van der Waals surface area contributed by atoms with E-state index >= 15 is 0 Å². The molecule has 0 aliphatic carbocycles. The van der Waals surface area contributed by atoms with Crippen LogP contribution in [0.2, 0.25) is 0 Å². The molecule has 206 valence electrons. The van der Waals surface area contributed by atoms with Crippen molar-refractivity contribution in [1.29, 1.82) is 0 Å². The smallest absolute Gasteiger partial charge is 0.322 e. The number of hydrogen-bond acceptors (Lipinski definition) is 7. The highest BCUT2D eigenvalue weighted by Crippen LogP contribution is 2.31. The molecule has 4 heterocycles. The van der Waals surface area contributed by atoms with E-state index in [0.717, 1.165) is 33.7 Å². The summed E-state index contributed by atoms with van der Waals surface area (Å²) in [7, 11) is 0. The lowest BCUT2D eigenvalue weighted by Crippen LogP contribution is -2.47. The molecule has 2 N–H and O–H groups in total. The van der Waals surface area contributed by atoms with Crippen LogP contribution in [0.5, 0.6) is 0 Å². The first-order valence-electron chi connectivity index (χ1n) is 12.9. The van der Waals surface area contributed by atoms with Gasteiger partial charge >= 0.3 is 6.03 Å². The Morgan fingerprint density at radius 2 is 1.68 bits per heavy atom. The predicted molar refractivity (Wildman–Crippen MR) is 144 cm³/mol. The summed E-state index contributed by atoms with van der Waals surface area (Å²) >= 11 is 0. The fourth-order valence-corrected chi connectivity index (χ4v) is 4.78. The summed E-state index contributed by atoms with van der Waals surface area (Å²) in [5, 5.41) is 11.4. The third kappa shape index (κ3) is 5.60. The minimum Gasteiger partial charge on any atom is -0.353 e. The number of nitrogens with one attached hydrogen (secondary N) is 2. The first-order chi connectivity index (χ1) is 19.1. The van der Waals surface area contributed by atoms with Gasteiger partial charge in [-0.2, -0.15) is 5.10 Å². The Bertz CT molecular complexity index is 1400. The van der Waals surface area contributed by atoms with Crippen LogP contribution in [-0.4, -0.2) is 74.8 Å². The molecule has 12 heteroatoms. The SMILES string of the molecule is CC1(C)CC(c2ccc(NC(=O)N3Cc4ccncc4C3)cc2)=NN(CCNC(=O)CN2C(=O)C=CC2=O)C1=O. The van der Waals surface area contributed by atoms with E-state index in [1.54, 1.807) is 29.4 Å². The molecular formula is C28H29N7O5. The van der Waals surface area contributed by atoms with Crippen LogP contribution in [0, 0.1) is 5.41 Å². The Balaban J connectivity index is 1.18. The van der Waals surface area contributed by atoms with Crippen LogP contribution in [0.4, 0.5) is 10.5 Å². The van der Waals surface area contributed by atoms with Gasteiger partial charge < -0.3 is 15.5 Å². The van der Waals surface area contributed by atoms with E-state index in [4.69, 9.17) is 0 Å². The van der Waals surface area contributed by atoms with E-state index in [2.05, 4.69) is 20.7 Å². The Hall–Kier alpha value is -4.87. The van der Waals surface area contributed by atoms with Crippen molar-refractivity contribution in [2.24, 2.45) is 10.5 Å². The second-order valence-electron chi connectivity index (χ2n) is 10.5. The number of urea groups is 1. The first-order valence-corrected chi connectivity index (χ1v) is 12.9. The normalized spacial score (nSPS) is 17.7. The number of hydrazone groups is 1. The average Bonchev–Trinajstić information content (AvgIpc) is 3.50. The lowest BCUT2D eigenvalue weighted by molar-refractivity contribution is -0.141. The number of benzene rings is 1. The molecule has 3 aliphatic rings. The fraction of sp³-hybridized carbons (Fsp3) is 0.321. The maximum atomic E-state index is 13.0. The van der Waals surface area contributed by atoms with Crippen molar-refractivity contribution in [1.82, 2.24) is 25.1 Å². The highest BCUT2D eigenvalue weighted by Gasteiger charge is 2.38. The molecule has 0 unspecified atom stereocenters. The van der Waals surface area contributed by atoms with Crippen molar-refractivity contribution in [3.05, 3.63) is 71.6 Å². The number of nitrogens with zero attached hydrogens (tertiary/aromatic N) is 5. The van der Waals surface area contributed by atoms with Gasteiger partial charge in [0.1, 0.15) is 6.54 Å². The van der Waals surface area contributed by atoms with Gasteiger partial charge in [0.15, 0.2) is 0 Å². The molecular weight excluding hydrogens is 514 g/mol. The van der Waals surface area contributed by atoms with Gasteiger partial charge in [-0.25, -0.2) is 9.80 Å². The van der Waals surface area contributed by atoms with Gasteiger partial charge in [0.25, 0.3) is 11.8 Å². The van der Waals surface area contributed by atoms with Crippen LogP contribution in [0.3, 0.4) is 0 Å². The van der Waals surface area contributed by atoms with Gasteiger partial charge in [-0.1, -0.05) is 26.0 Å². The number of imide groups is 1. The van der Waals surface area contributed by atoms with Gasteiger partial charge in [0, 0.05) is 56.3 Å². The molecule has 2 aromatic rings. The molecule has 0 radical (unpaired) electrons. The largest absolute Gasteiger partial charge is 0.353 e. The fourth-order valence-electron chi connectivity index (χ4n) is 4.78. The summed E-state index contributed by atoms with van der Waals surface area (Å²) in [4.78, 5) is 67.9. The van der Waals surface area contributed by atoms with Gasteiger partial charge in [-0.05, 0) is 34.9 Å². The van der Waals surface area contributed by atoms with Gasteiger partial charge in [-0.15, -0.1) is 0 Å². The number of rotatable bonds is 7. The molecule has 0 saturated heterocycles. The molecule has 1 aromatic heterocycles. The zero-order valence-electron chi connectivity index (χ0n) is 22.2. The summed E-state index contributed by atoms with van der Waals surface area (Å²) < 4.78 is 0. The molecule has 0 spiro atoms. The van der Waals surface area contributed by atoms with Crippen molar-refractivity contribution in [3.8, 4) is 0 Å². The summed E-state index contributed by atoms with van der Waals surface area (Å²) in [6.45, 7) is 4.56. The lowest BCUT2D eigenvalue weighted by Gasteiger charge is -2.34. The maximum absolute atomic E-state index is 13.0. The molecule has 5 rings (SSSR count). The first kappa shape index (κ1) is 26.7. The van der Waals surface area contributed by atoms with Crippen LogP contribution in [0.1, 0.15) is 37.0 Å². The second kappa shape index (κ2) is 10.7. The van der Waals surface area contributed by atoms with Crippen LogP contribution in [0.25, 0.3) is 0 Å². The minimum absolute atomic E-state index is 0.0997. The number of anilines is 1. The molecule has 0 bridgehead atoms. The average molecular weight is 544 g/mol. The van der Waals surface area contributed by atoms with Crippen molar-refractivity contribution in [2.75, 3.05) is 25.0 Å². The maximum Gasteiger partial charge on any atom is 0.322 e. The Kier molecular flexibility index (Phi) is 7.16. The summed E-state index contributed by atoms with van der Waals surface area (Å²) in [6.07, 6.45) is 6.16. The summed E-state index contributed by atoms with van der Waals surface area (Å²) in [5.41, 5.74) is 3.57. The highest BCUT2D eigenvalue weighted by molar-refractivity contribution is 6.14. The molecule has 6 amide bonds. The van der Waals surface area contributed by atoms with Crippen LogP contribution in [-0.2, 0) is 32.3 Å². The minimum atomic E-state index is -0.715. The third-order valence-corrected chi connectivity index (χ3v) is 7.00. The predicted octanol–water partition coefficient (Wildman–Crippen LogP) is 1.63. The molecule has 0 saturated carbocycles. The van der Waals surface area contributed by atoms with E-state index in [-0.39, 0.29) is 31.6 Å². The van der Waals surface area contributed by atoms with Gasteiger partial charge in [-0.3, -0.25) is 29.1 Å². The molecule has 0 fully saturated rings. The number of amides is 6. The van der Waals surface area contributed by atoms with Crippen molar-refractivity contribution >= 4 is 41.1 Å². The topological polar surface area (TPSA) is 144 Å². The van der Waals surface area contributed by atoms with Crippen molar-refractivity contribution < 1.29 is 24.0 Å².